The van der Waals surface area contributed by atoms with Gasteiger partial charge in [-0.1, -0.05) is 133 Å². The first kappa shape index (κ1) is 24.5. The standard InChI is InChI=1S/C44H26O/c1-2-8-27(9-3-1)34-12-6-10-30-24-29(19-21-35(30)34)33-25-31-17-16-28-18-22-36(38-23-20-32(26-33)42(31)43(28)38)39-13-7-14-40-37-11-4-5-15-41(37)45-44(39)40/h1-26H. The minimum absolute atomic E-state index is 0.926. The van der Waals surface area contributed by atoms with Crippen LogP contribution >= 0.6 is 0 Å². The smallest absolute Gasteiger partial charge is 0.143 e. The molecule has 1 heterocycles. The molecule has 0 atom stereocenters. The summed E-state index contributed by atoms with van der Waals surface area (Å²) in [5.74, 6) is 0. The Morgan fingerprint density at radius 3 is 1.91 bits per heavy atom. The quantitative estimate of drug-likeness (QED) is 0.193. The molecular weight excluding hydrogens is 544 g/mol. The molecule has 0 aliphatic rings. The van der Waals surface area contributed by atoms with Crippen molar-refractivity contribution in [3.63, 3.8) is 0 Å². The molecule has 45 heavy (non-hydrogen) atoms. The van der Waals surface area contributed by atoms with E-state index in [1.807, 2.05) is 6.07 Å². The monoisotopic (exact) mass is 570 g/mol. The molecule has 0 N–H and O–H groups in total. The average Bonchev–Trinajstić information content (AvgIpc) is 3.49. The first-order valence-electron chi connectivity index (χ1n) is 15.5. The summed E-state index contributed by atoms with van der Waals surface area (Å²) in [6, 6.07) is 57.3. The van der Waals surface area contributed by atoms with Crippen LogP contribution in [0.5, 0.6) is 0 Å². The van der Waals surface area contributed by atoms with Gasteiger partial charge in [0.1, 0.15) is 11.2 Å². The zero-order valence-corrected chi connectivity index (χ0v) is 24.4. The highest BCUT2D eigenvalue weighted by atomic mass is 16.3. The maximum Gasteiger partial charge on any atom is 0.143 e. The lowest BCUT2D eigenvalue weighted by atomic mass is 9.87. The van der Waals surface area contributed by atoms with Crippen molar-refractivity contribution >= 4 is 65.0 Å². The van der Waals surface area contributed by atoms with Crippen LogP contribution in [0.25, 0.3) is 98.4 Å². The van der Waals surface area contributed by atoms with Gasteiger partial charge in [0.25, 0.3) is 0 Å². The van der Waals surface area contributed by atoms with Crippen LogP contribution in [0, 0.1) is 0 Å². The third-order valence-corrected chi connectivity index (χ3v) is 9.59. The fraction of sp³-hybridized carbons (Fsp3) is 0. The number of benzene rings is 9. The molecule has 0 spiro atoms. The summed E-state index contributed by atoms with van der Waals surface area (Å²) in [5.41, 5.74) is 9.19. The Morgan fingerprint density at radius 1 is 0.311 bits per heavy atom. The number of fused-ring (bicyclic) bond motifs is 4. The Balaban J connectivity index is 1.16. The largest absolute Gasteiger partial charge is 0.455 e. The third-order valence-electron chi connectivity index (χ3n) is 9.59. The Hall–Kier alpha value is -5.92. The Bertz CT molecular complexity index is 2730. The van der Waals surface area contributed by atoms with Gasteiger partial charge in [0.15, 0.2) is 0 Å². The van der Waals surface area contributed by atoms with Crippen molar-refractivity contribution in [2.45, 2.75) is 0 Å². The normalized spacial score (nSPS) is 12.0. The molecule has 0 fully saturated rings. The maximum absolute atomic E-state index is 6.46. The lowest BCUT2D eigenvalue weighted by Crippen LogP contribution is -1.89. The predicted molar refractivity (Wildman–Crippen MR) is 191 cm³/mol. The fourth-order valence-electron chi connectivity index (χ4n) is 7.51. The summed E-state index contributed by atoms with van der Waals surface area (Å²) in [7, 11) is 0. The molecule has 0 aliphatic carbocycles. The van der Waals surface area contributed by atoms with Crippen molar-refractivity contribution in [2.24, 2.45) is 0 Å². The van der Waals surface area contributed by atoms with Crippen LogP contribution in [0.4, 0.5) is 0 Å². The van der Waals surface area contributed by atoms with Crippen molar-refractivity contribution in [1.29, 1.82) is 0 Å². The van der Waals surface area contributed by atoms with Crippen LogP contribution in [-0.4, -0.2) is 0 Å². The van der Waals surface area contributed by atoms with Crippen LogP contribution in [0.3, 0.4) is 0 Å². The predicted octanol–water partition coefficient (Wildman–Crippen LogP) is 12.6. The molecule has 0 saturated heterocycles. The highest BCUT2D eigenvalue weighted by molar-refractivity contribution is 6.27. The van der Waals surface area contributed by atoms with E-state index in [4.69, 9.17) is 4.42 Å². The molecule has 0 radical (unpaired) electrons. The van der Waals surface area contributed by atoms with Crippen LogP contribution in [0.1, 0.15) is 0 Å². The molecule has 1 nitrogen and oxygen atoms in total. The van der Waals surface area contributed by atoms with E-state index in [1.165, 1.54) is 70.9 Å². The van der Waals surface area contributed by atoms with Crippen molar-refractivity contribution in [3.8, 4) is 33.4 Å². The topological polar surface area (TPSA) is 13.1 Å². The van der Waals surface area contributed by atoms with Crippen LogP contribution in [0.2, 0.25) is 0 Å². The lowest BCUT2D eigenvalue weighted by Gasteiger charge is -2.16. The Kier molecular flexibility index (Phi) is 5.06. The summed E-state index contributed by atoms with van der Waals surface area (Å²) in [5, 5.41) is 12.5. The molecule has 1 heteroatoms. The average molecular weight is 571 g/mol. The van der Waals surface area contributed by atoms with Gasteiger partial charge in [0, 0.05) is 16.3 Å². The second-order valence-electron chi connectivity index (χ2n) is 12.1. The lowest BCUT2D eigenvalue weighted by molar-refractivity contribution is 0.670. The molecule has 0 aliphatic heterocycles. The van der Waals surface area contributed by atoms with Gasteiger partial charge in [-0.15, -0.1) is 0 Å². The molecule has 10 rings (SSSR count). The number of hydrogen-bond acceptors (Lipinski definition) is 1. The summed E-state index contributed by atoms with van der Waals surface area (Å²) >= 11 is 0. The highest BCUT2D eigenvalue weighted by Gasteiger charge is 2.17. The molecular formula is C44H26O. The SMILES string of the molecule is c1ccc(-c2cccc3cc(-c4cc5ccc6ccc(-c7cccc8c7oc7ccccc78)c7ccc(c4)c5c67)ccc23)cc1. The molecule has 1 aromatic heterocycles. The van der Waals surface area contributed by atoms with E-state index in [2.05, 4.69) is 152 Å². The van der Waals surface area contributed by atoms with Gasteiger partial charge in [-0.3, -0.25) is 0 Å². The highest BCUT2D eigenvalue weighted by Crippen LogP contribution is 2.44. The molecule has 0 saturated carbocycles. The van der Waals surface area contributed by atoms with E-state index in [0.29, 0.717) is 0 Å². The molecule has 208 valence electrons. The van der Waals surface area contributed by atoms with Crippen LogP contribution in [-0.2, 0) is 0 Å². The van der Waals surface area contributed by atoms with E-state index in [-0.39, 0.29) is 0 Å². The second kappa shape index (κ2) is 9.29. The zero-order valence-electron chi connectivity index (χ0n) is 24.4. The van der Waals surface area contributed by atoms with Gasteiger partial charge in [0.05, 0.1) is 0 Å². The molecule has 9 aromatic carbocycles. The summed E-state index contributed by atoms with van der Waals surface area (Å²) < 4.78 is 6.46. The molecule has 0 amide bonds. The van der Waals surface area contributed by atoms with Crippen LogP contribution < -0.4 is 0 Å². The van der Waals surface area contributed by atoms with Gasteiger partial charge >= 0.3 is 0 Å². The van der Waals surface area contributed by atoms with Gasteiger partial charge in [-0.05, 0) is 95.2 Å². The maximum atomic E-state index is 6.46. The van der Waals surface area contributed by atoms with Crippen molar-refractivity contribution < 1.29 is 4.42 Å². The minimum atomic E-state index is 0.926. The minimum Gasteiger partial charge on any atom is -0.455 e. The van der Waals surface area contributed by atoms with Crippen molar-refractivity contribution in [2.75, 3.05) is 0 Å². The van der Waals surface area contributed by atoms with Gasteiger partial charge in [-0.2, -0.15) is 0 Å². The van der Waals surface area contributed by atoms with E-state index < -0.39 is 0 Å². The van der Waals surface area contributed by atoms with Gasteiger partial charge in [0.2, 0.25) is 0 Å². The van der Waals surface area contributed by atoms with Gasteiger partial charge < -0.3 is 4.42 Å². The third kappa shape index (κ3) is 3.62. The molecule has 0 bridgehead atoms. The van der Waals surface area contributed by atoms with Crippen molar-refractivity contribution in [1.82, 2.24) is 0 Å². The van der Waals surface area contributed by atoms with E-state index in [9.17, 15) is 0 Å². The summed E-state index contributed by atoms with van der Waals surface area (Å²) in [4.78, 5) is 0. The first-order valence-corrected chi connectivity index (χ1v) is 15.5. The zero-order chi connectivity index (χ0) is 29.5. The van der Waals surface area contributed by atoms with Crippen molar-refractivity contribution in [3.05, 3.63) is 158 Å². The number of para-hydroxylation sites is 2. The number of rotatable bonds is 3. The molecule has 0 unspecified atom stereocenters. The fourth-order valence-corrected chi connectivity index (χ4v) is 7.51. The second-order valence-corrected chi connectivity index (χ2v) is 12.1. The number of hydrogen-bond donors (Lipinski definition) is 0. The van der Waals surface area contributed by atoms with E-state index >= 15 is 0 Å². The summed E-state index contributed by atoms with van der Waals surface area (Å²) in [6.45, 7) is 0. The van der Waals surface area contributed by atoms with Gasteiger partial charge in [-0.25, -0.2) is 0 Å². The Morgan fingerprint density at radius 2 is 1.00 bits per heavy atom. The van der Waals surface area contributed by atoms with E-state index in [1.54, 1.807) is 0 Å². The number of furan rings is 1. The molecule has 10 aromatic rings. The summed E-state index contributed by atoms with van der Waals surface area (Å²) in [6.07, 6.45) is 0. The van der Waals surface area contributed by atoms with E-state index in [0.717, 1.165) is 27.5 Å². The first-order chi connectivity index (χ1) is 22.3. The Labute approximate surface area is 259 Å². The van der Waals surface area contributed by atoms with Crippen LogP contribution in [0.15, 0.2) is 162 Å².